The fourth-order valence-electron chi connectivity index (χ4n) is 3.77. The number of rotatable bonds is 11. The van der Waals surface area contributed by atoms with E-state index >= 15 is 0 Å². The summed E-state index contributed by atoms with van der Waals surface area (Å²) in [4.78, 5) is 27.6. The van der Waals surface area contributed by atoms with Gasteiger partial charge in [0.25, 0.3) is 10.0 Å². The predicted octanol–water partition coefficient (Wildman–Crippen LogP) is 4.41. The van der Waals surface area contributed by atoms with Gasteiger partial charge in [0.05, 0.1) is 10.6 Å². The minimum Gasteiger partial charge on any atom is -0.354 e. The zero-order valence-electron chi connectivity index (χ0n) is 21.5. The van der Waals surface area contributed by atoms with Gasteiger partial charge in [-0.25, -0.2) is 17.2 Å². The summed E-state index contributed by atoms with van der Waals surface area (Å²) in [5.41, 5.74) is 1.06. The van der Waals surface area contributed by atoms with Crippen LogP contribution in [-0.2, 0) is 26.2 Å². The van der Waals surface area contributed by atoms with E-state index in [9.17, 15) is 26.8 Å². The number of aryl methyl sites for hydroxylation is 1. The lowest BCUT2D eigenvalue weighted by Gasteiger charge is -2.32. The summed E-state index contributed by atoms with van der Waals surface area (Å²) in [7, 11) is -4.36. The molecule has 7 nitrogen and oxygen atoms in total. The van der Waals surface area contributed by atoms with Crippen molar-refractivity contribution in [1.29, 1.82) is 0 Å². The number of hydrogen-bond acceptors (Lipinski definition) is 4. The van der Waals surface area contributed by atoms with Gasteiger partial charge < -0.3 is 10.2 Å². The number of anilines is 1. The first-order chi connectivity index (χ1) is 18.0. The molecule has 0 unspecified atom stereocenters. The van der Waals surface area contributed by atoms with E-state index in [-0.39, 0.29) is 17.1 Å². The van der Waals surface area contributed by atoms with Crippen molar-refractivity contribution in [3.05, 3.63) is 95.6 Å². The summed E-state index contributed by atoms with van der Waals surface area (Å²) in [6.07, 6.45) is 0.681. The molecular weight excluding hydrogens is 512 g/mol. The molecular formula is C28H31F2N3O4S. The van der Waals surface area contributed by atoms with Crippen LogP contribution in [0.3, 0.4) is 0 Å². The number of nitrogens with one attached hydrogen (secondary N) is 1. The van der Waals surface area contributed by atoms with Gasteiger partial charge in [-0.05, 0) is 62.2 Å². The number of carbonyl (C=O) groups is 2. The SMILES string of the molecule is CCCNC(=O)[C@@H](C)N(Cc1ccc(F)cc1)C(=O)CN(c1ccccc1F)S(=O)(=O)c1ccc(C)cc1. The second-order valence-corrected chi connectivity index (χ2v) is 10.8. The van der Waals surface area contributed by atoms with Crippen LogP contribution in [0.4, 0.5) is 14.5 Å². The Morgan fingerprint density at radius 1 is 0.947 bits per heavy atom. The van der Waals surface area contributed by atoms with Gasteiger partial charge in [0.2, 0.25) is 11.8 Å². The summed E-state index contributed by atoms with van der Waals surface area (Å²) >= 11 is 0. The lowest BCUT2D eigenvalue weighted by atomic mass is 10.1. The molecule has 10 heteroatoms. The second-order valence-electron chi connectivity index (χ2n) is 8.89. The fraction of sp³-hybridized carbons (Fsp3) is 0.286. The van der Waals surface area contributed by atoms with E-state index in [2.05, 4.69) is 5.32 Å². The minimum absolute atomic E-state index is 0.0878. The second kappa shape index (κ2) is 12.6. The molecule has 3 rings (SSSR count). The average Bonchev–Trinajstić information content (AvgIpc) is 2.90. The molecule has 0 heterocycles. The van der Waals surface area contributed by atoms with E-state index in [1.807, 2.05) is 6.92 Å². The van der Waals surface area contributed by atoms with Gasteiger partial charge in [0, 0.05) is 13.1 Å². The highest BCUT2D eigenvalue weighted by Crippen LogP contribution is 2.27. The Balaban J connectivity index is 2.02. The van der Waals surface area contributed by atoms with Crippen molar-refractivity contribution < 1.29 is 26.8 Å². The van der Waals surface area contributed by atoms with Crippen molar-refractivity contribution in [3.63, 3.8) is 0 Å². The first kappa shape index (κ1) is 28.8. The molecule has 0 radical (unpaired) electrons. The van der Waals surface area contributed by atoms with Gasteiger partial charge >= 0.3 is 0 Å². The number of hydrogen-bond donors (Lipinski definition) is 1. The van der Waals surface area contributed by atoms with Crippen LogP contribution < -0.4 is 9.62 Å². The van der Waals surface area contributed by atoms with Crippen molar-refractivity contribution in [1.82, 2.24) is 10.2 Å². The molecule has 0 saturated heterocycles. The summed E-state index contributed by atoms with van der Waals surface area (Å²) < 4.78 is 56.4. The van der Waals surface area contributed by atoms with Crippen LogP contribution >= 0.6 is 0 Å². The maximum Gasteiger partial charge on any atom is 0.264 e. The number of para-hydroxylation sites is 1. The normalized spacial score (nSPS) is 12.0. The molecule has 1 atom stereocenters. The number of nitrogens with zero attached hydrogens (tertiary/aromatic N) is 2. The average molecular weight is 544 g/mol. The Kier molecular flexibility index (Phi) is 9.57. The quantitative estimate of drug-likeness (QED) is 0.388. The highest BCUT2D eigenvalue weighted by atomic mass is 32.2. The Hall–Kier alpha value is -3.79. The smallest absolute Gasteiger partial charge is 0.264 e. The molecule has 0 aliphatic heterocycles. The molecule has 0 aromatic heterocycles. The number of benzene rings is 3. The van der Waals surface area contributed by atoms with E-state index in [1.165, 1.54) is 66.4 Å². The van der Waals surface area contributed by atoms with Crippen LogP contribution in [0.2, 0.25) is 0 Å². The predicted molar refractivity (Wildman–Crippen MR) is 142 cm³/mol. The molecule has 2 amide bonds. The summed E-state index contributed by atoms with van der Waals surface area (Å²) in [5.74, 6) is -2.45. The molecule has 0 aliphatic carbocycles. The zero-order chi connectivity index (χ0) is 27.9. The lowest BCUT2D eigenvalue weighted by molar-refractivity contribution is -0.139. The molecule has 3 aromatic rings. The first-order valence-corrected chi connectivity index (χ1v) is 13.6. The maximum absolute atomic E-state index is 14.9. The van der Waals surface area contributed by atoms with Gasteiger partial charge in [-0.2, -0.15) is 0 Å². The summed E-state index contributed by atoms with van der Waals surface area (Å²) in [6.45, 7) is 4.75. The summed E-state index contributed by atoms with van der Waals surface area (Å²) in [6, 6.07) is 15.7. The highest BCUT2D eigenvalue weighted by Gasteiger charge is 2.33. The van der Waals surface area contributed by atoms with Crippen LogP contribution in [0.25, 0.3) is 0 Å². The largest absolute Gasteiger partial charge is 0.354 e. The lowest BCUT2D eigenvalue weighted by Crippen LogP contribution is -2.51. The molecule has 0 saturated carbocycles. The highest BCUT2D eigenvalue weighted by molar-refractivity contribution is 7.92. The van der Waals surface area contributed by atoms with Crippen molar-refractivity contribution in [2.45, 2.75) is 44.7 Å². The van der Waals surface area contributed by atoms with E-state index in [4.69, 9.17) is 0 Å². The van der Waals surface area contributed by atoms with Crippen molar-refractivity contribution in [2.75, 3.05) is 17.4 Å². The Bertz CT molecular complexity index is 1360. The van der Waals surface area contributed by atoms with E-state index < -0.39 is 46.1 Å². The van der Waals surface area contributed by atoms with Gasteiger partial charge in [0.1, 0.15) is 24.2 Å². The minimum atomic E-state index is -4.36. The van der Waals surface area contributed by atoms with E-state index in [0.29, 0.717) is 22.8 Å². The first-order valence-electron chi connectivity index (χ1n) is 12.2. The number of amides is 2. The fourth-order valence-corrected chi connectivity index (χ4v) is 5.19. The molecule has 38 heavy (non-hydrogen) atoms. The number of halogens is 2. The third-order valence-corrected chi connectivity index (χ3v) is 7.77. The Morgan fingerprint density at radius 2 is 1.58 bits per heavy atom. The molecule has 0 bridgehead atoms. The van der Waals surface area contributed by atoms with Crippen LogP contribution in [0.5, 0.6) is 0 Å². The van der Waals surface area contributed by atoms with E-state index in [1.54, 1.807) is 19.1 Å². The summed E-state index contributed by atoms with van der Waals surface area (Å²) in [5, 5.41) is 2.73. The third-order valence-electron chi connectivity index (χ3n) is 5.99. The van der Waals surface area contributed by atoms with Gasteiger partial charge in [0.15, 0.2) is 0 Å². The van der Waals surface area contributed by atoms with Crippen LogP contribution in [0.15, 0.2) is 77.7 Å². The van der Waals surface area contributed by atoms with Gasteiger partial charge in [-0.3, -0.25) is 13.9 Å². The Labute approximate surface area is 222 Å². The molecule has 0 fully saturated rings. The molecule has 3 aromatic carbocycles. The monoisotopic (exact) mass is 543 g/mol. The zero-order valence-corrected chi connectivity index (χ0v) is 22.3. The van der Waals surface area contributed by atoms with Crippen LogP contribution in [-0.4, -0.2) is 44.3 Å². The maximum atomic E-state index is 14.9. The van der Waals surface area contributed by atoms with Gasteiger partial charge in [-0.15, -0.1) is 0 Å². The van der Waals surface area contributed by atoms with E-state index in [0.717, 1.165) is 11.6 Å². The topological polar surface area (TPSA) is 86.8 Å². The molecule has 0 spiro atoms. The van der Waals surface area contributed by atoms with Crippen molar-refractivity contribution in [2.24, 2.45) is 0 Å². The van der Waals surface area contributed by atoms with Crippen LogP contribution in [0, 0.1) is 18.6 Å². The number of sulfonamides is 1. The molecule has 1 N–H and O–H groups in total. The van der Waals surface area contributed by atoms with Crippen molar-refractivity contribution in [3.8, 4) is 0 Å². The van der Waals surface area contributed by atoms with Crippen molar-refractivity contribution >= 4 is 27.5 Å². The number of carbonyl (C=O) groups excluding carboxylic acids is 2. The van der Waals surface area contributed by atoms with Crippen LogP contribution in [0.1, 0.15) is 31.4 Å². The third kappa shape index (κ3) is 6.95. The molecule has 0 aliphatic rings. The molecule has 202 valence electrons. The Morgan fingerprint density at radius 3 is 2.18 bits per heavy atom. The standard InChI is InChI=1S/C28H31F2N3O4S/c1-4-17-31-28(35)21(3)32(18-22-11-13-23(29)14-12-22)27(34)19-33(26-8-6-5-7-25(26)30)38(36,37)24-15-9-20(2)10-16-24/h5-16,21H,4,17-19H2,1-3H3,(H,31,35)/t21-/m1/s1. The van der Waals surface area contributed by atoms with Gasteiger partial charge in [-0.1, -0.05) is 48.9 Å².